The van der Waals surface area contributed by atoms with Crippen molar-refractivity contribution in [2.24, 2.45) is 0 Å². The van der Waals surface area contributed by atoms with Gasteiger partial charge in [0.25, 0.3) is 0 Å². The van der Waals surface area contributed by atoms with E-state index in [1.807, 2.05) is 0 Å². The van der Waals surface area contributed by atoms with Gasteiger partial charge in [-0.1, -0.05) is 39.0 Å². The number of hydrogen-bond donors (Lipinski definition) is 4. The molecule has 0 spiro atoms. The molecule has 0 aliphatic carbocycles. The molecule has 1 radical (unpaired) electrons. The van der Waals surface area contributed by atoms with Crippen molar-refractivity contribution in [1.82, 2.24) is 0 Å². The Bertz CT molecular complexity index is 254. The Balaban J connectivity index is 0.00000400. The van der Waals surface area contributed by atoms with E-state index in [1.54, 1.807) is 0 Å². The first-order valence-corrected chi connectivity index (χ1v) is 7.54. The van der Waals surface area contributed by atoms with Gasteiger partial charge in [0.1, 0.15) is 24.4 Å². The topological polar surface area (TPSA) is 99.4 Å². The van der Waals surface area contributed by atoms with Crippen molar-refractivity contribution < 1.29 is 29.9 Å². The van der Waals surface area contributed by atoms with Crippen molar-refractivity contribution in [3.8, 4) is 0 Å². The number of unbranched alkanes of at least 4 members (excludes halogenated alkanes) is 5. The zero-order valence-electron chi connectivity index (χ0n) is 13.1. The zero-order chi connectivity index (χ0) is 15.0. The Labute approximate surface area is 148 Å². The molecule has 21 heavy (non-hydrogen) atoms. The summed E-state index contributed by atoms with van der Waals surface area (Å²) in [6.07, 6.45) is 0.851. The average Bonchev–Trinajstić information content (AvgIpc) is 2.46. The van der Waals surface area contributed by atoms with Crippen LogP contribution >= 0.6 is 0 Å². The largest absolute Gasteiger partial charge is 0.394 e. The van der Waals surface area contributed by atoms with Crippen LogP contribution in [0, 0.1) is 0 Å². The molecule has 1 aliphatic rings. The normalized spacial score (nSPS) is 32.7. The molecule has 5 atom stereocenters. The first kappa shape index (κ1) is 21.8. The summed E-state index contributed by atoms with van der Waals surface area (Å²) in [6, 6.07) is 0. The van der Waals surface area contributed by atoms with Gasteiger partial charge in [-0.05, 0) is 6.42 Å². The SMILES string of the molecule is CCCCCCCCO[C@H]1O[C@H](CO)[C@H](O)[C@H](O)[C@H]1O.[Na]. The van der Waals surface area contributed by atoms with Crippen LogP contribution in [0.5, 0.6) is 0 Å². The van der Waals surface area contributed by atoms with Crippen LogP contribution in [0.2, 0.25) is 0 Å². The van der Waals surface area contributed by atoms with Crippen LogP contribution in [0.15, 0.2) is 0 Å². The van der Waals surface area contributed by atoms with E-state index < -0.39 is 37.3 Å². The van der Waals surface area contributed by atoms with Crippen LogP contribution in [0.4, 0.5) is 0 Å². The second-order valence-corrected chi connectivity index (χ2v) is 5.34. The number of aliphatic hydroxyl groups excluding tert-OH is 4. The monoisotopic (exact) mass is 315 g/mol. The van der Waals surface area contributed by atoms with E-state index >= 15 is 0 Å². The molecule has 6 nitrogen and oxygen atoms in total. The van der Waals surface area contributed by atoms with E-state index in [9.17, 15) is 15.3 Å². The van der Waals surface area contributed by atoms with Crippen molar-refractivity contribution in [3.63, 3.8) is 0 Å². The quantitative estimate of drug-likeness (QED) is 0.347. The van der Waals surface area contributed by atoms with E-state index in [1.165, 1.54) is 19.3 Å². The third-order valence-electron chi connectivity index (χ3n) is 3.63. The molecule has 1 heterocycles. The zero-order valence-corrected chi connectivity index (χ0v) is 15.1. The predicted octanol–water partition coefficient (Wildman–Crippen LogP) is -0.217. The molecule has 0 unspecified atom stereocenters. The Morgan fingerprint density at radius 2 is 1.52 bits per heavy atom. The summed E-state index contributed by atoms with van der Waals surface area (Å²) in [5.74, 6) is 0. The number of hydrogen-bond acceptors (Lipinski definition) is 6. The van der Waals surface area contributed by atoms with E-state index in [4.69, 9.17) is 14.6 Å². The van der Waals surface area contributed by atoms with Crippen molar-refractivity contribution in [2.45, 2.75) is 76.2 Å². The molecule has 7 heteroatoms. The summed E-state index contributed by atoms with van der Waals surface area (Å²) in [4.78, 5) is 0. The maximum Gasteiger partial charge on any atom is 0.186 e. The molecule has 0 saturated carbocycles. The van der Waals surface area contributed by atoms with E-state index in [-0.39, 0.29) is 29.6 Å². The Morgan fingerprint density at radius 1 is 0.905 bits per heavy atom. The Hall–Kier alpha value is 0.760. The number of aliphatic hydroxyl groups is 4. The number of rotatable bonds is 9. The third-order valence-corrected chi connectivity index (χ3v) is 3.63. The summed E-state index contributed by atoms with van der Waals surface area (Å²) >= 11 is 0. The van der Waals surface area contributed by atoms with Gasteiger partial charge in [-0.3, -0.25) is 0 Å². The van der Waals surface area contributed by atoms with Gasteiger partial charge in [-0.15, -0.1) is 0 Å². The van der Waals surface area contributed by atoms with Crippen molar-refractivity contribution >= 4 is 29.6 Å². The Morgan fingerprint density at radius 3 is 2.14 bits per heavy atom. The molecule has 1 fully saturated rings. The van der Waals surface area contributed by atoms with Crippen molar-refractivity contribution in [3.05, 3.63) is 0 Å². The van der Waals surface area contributed by atoms with Gasteiger partial charge in [0.05, 0.1) is 6.61 Å². The molecule has 121 valence electrons. The van der Waals surface area contributed by atoms with Gasteiger partial charge in [-0.25, -0.2) is 0 Å². The van der Waals surface area contributed by atoms with Crippen LogP contribution in [0.3, 0.4) is 0 Å². The smallest absolute Gasteiger partial charge is 0.186 e. The van der Waals surface area contributed by atoms with Crippen LogP contribution < -0.4 is 0 Å². The third kappa shape index (κ3) is 7.24. The standard InChI is InChI=1S/C14H28O6.Na/c1-2-3-4-5-6-7-8-19-14-13(18)12(17)11(16)10(9-15)20-14;/h10-18H,2-9H2,1H3;/t10-,11+,12+,13-,14+;/m1./s1. The molecule has 1 aliphatic heterocycles. The second-order valence-electron chi connectivity index (χ2n) is 5.34. The fourth-order valence-corrected chi connectivity index (χ4v) is 2.29. The molecule has 0 aromatic rings. The van der Waals surface area contributed by atoms with Gasteiger partial charge in [0.2, 0.25) is 0 Å². The van der Waals surface area contributed by atoms with E-state index in [0.29, 0.717) is 6.61 Å². The summed E-state index contributed by atoms with van der Waals surface area (Å²) in [6.45, 7) is 2.17. The molecule has 4 N–H and O–H groups in total. The van der Waals surface area contributed by atoms with Crippen LogP contribution in [-0.2, 0) is 9.47 Å². The summed E-state index contributed by atoms with van der Waals surface area (Å²) in [5, 5.41) is 38.0. The number of ether oxygens (including phenoxy) is 2. The Kier molecular flexibility index (Phi) is 12.7. The van der Waals surface area contributed by atoms with Crippen molar-refractivity contribution in [1.29, 1.82) is 0 Å². The first-order valence-electron chi connectivity index (χ1n) is 7.54. The van der Waals surface area contributed by atoms with E-state index in [2.05, 4.69) is 6.92 Å². The molecular formula is C14H28NaO6. The van der Waals surface area contributed by atoms with Gasteiger partial charge in [-0.2, -0.15) is 0 Å². The van der Waals surface area contributed by atoms with Crippen LogP contribution in [0.1, 0.15) is 45.4 Å². The first-order chi connectivity index (χ1) is 9.61. The molecule has 0 bridgehead atoms. The fourth-order valence-electron chi connectivity index (χ4n) is 2.29. The minimum atomic E-state index is -1.37. The van der Waals surface area contributed by atoms with Gasteiger partial charge in [0, 0.05) is 36.2 Å². The van der Waals surface area contributed by atoms with Crippen LogP contribution in [-0.4, -0.2) is 93.9 Å². The molecule has 1 rings (SSSR count). The van der Waals surface area contributed by atoms with Gasteiger partial charge >= 0.3 is 0 Å². The van der Waals surface area contributed by atoms with Gasteiger partial charge < -0.3 is 29.9 Å². The molecule has 1 saturated heterocycles. The summed E-state index contributed by atoms with van der Waals surface area (Å²) in [5.41, 5.74) is 0. The van der Waals surface area contributed by atoms with Gasteiger partial charge in [0.15, 0.2) is 6.29 Å². The minimum absolute atomic E-state index is 0. The molecule has 0 aromatic heterocycles. The second kappa shape index (κ2) is 12.2. The fraction of sp³-hybridized carbons (Fsp3) is 1.00. The average molecular weight is 315 g/mol. The summed E-state index contributed by atoms with van der Waals surface area (Å²) in [7, 11) is 0. The predicted molar refractivity (Wildman–Crippen MR) is 78.8 cm³/mol. The van der Waals surface area contributed by atoms with Crippen molar-refractivity contribution in [2.75, 3.05) is 13.2 Å². The summed E-state index contributed by atoms with van der Waals surface area (Å²) < 4.78 is 10.6. The minimum Gasteiger partial charge on any atom is -0.394 e. The molecule has 0 aromatic carbocycles. The molecule has 0 amide bonds. The maximum absolute atomic E-state index is 9.75. The molecular weight excluding hydrogens is 287 g/mol. The van der Waals surface area contributed by atoms with Crippen LogP contribution in [0.25, 0.3) is 0 Å². The van der Waals surface area contributed by atoms with E-state index in [0.717, 1.165) is 19.3 Å². The maximum atomic E-state index is 9.75.